The fraction of sp³-hybridized carbons (Fsp3) is 0.462. The minimum absolute atomic E-state index is 0.803. The summed E-state index contributed by atoms with van der Waals surface area (Å²) >= 11 is 0. The number of rotatable bonds is 3. The minimum atomic E-state index is 0.803. The lowest BCUT2D eigenvalue weighted by atomic mass is 10.1. The zero-order valence-corrected chi connectivity index (χ0v) is 9.52. The van der Waals surface area contributed by atoms with Gasteiger partial charge in [-0.25, -0.2) is 0 Å². The van der Waals surface area contributed by atoms with Gasteiger partial charge in [-0.05, 0) is 19.3 Å². The quantitative estimate of drug-likeness (QED) is 0.443. The molecule has 0 spiro atoms. The average molecular weight is 219 g/mol. The van der Waals surface area contributed by atoms with Crippen molar-refractivity contribution in [2.75, 3.05) is 19.6 Å². The zero-order valence-electron chi connectivity index (χ0n) is 9.52. The molecule has 0 aromatic heterocycles. The molecule has 1 aromatic rings. The van der Waals surface area contributed by atoms with E-state index in [1.54, 1.807) is 0 Å². The Morgan fingerprint density at radius 3 is 2.44 bits per heavy atom. The summed E-state index contributed by atoms with van der Waals surface area (Å²) in [5, 5.41) is 12.5. The lowest BCUT2D eigenvalue weighted by Crippen LogP contribution is -3.13. The molecule has 0 amide bonds. The molecular weight excluding hydrogens is 200 g/mol. The van der Waals surface area contributed by atoms with E-state index in [0.29, 0.717) is 0 Å². The van der Waals surface area contributed by atoms with Crippen LogP contribution in [-0.4, -0.2) is 30.6 Å². The predicted molar refractivity (Wildman–Crippen MR) is 64.2 cm³/mol. The van der Waals surface area contributed by atoms with Gasteiger partial charge in [0.2, 0.25) is 0 Å². The summed E-state index contributed by atoms with van der Waals surface area (Å²) < 4.78 is 0. The topological polar surface area (TPSA) is 37.0 Å². The van der Waals surface area contributed by atoms with Crippen molar-refractivity contribution in [1.29, 1.82) is 0 Å². The fourth-order valence-electron chi connectivity index (χ4n) is 2.29. The van der Waals surface area contributed by atoms with Gasteiger partial charge in [0.05, 0.1) is 13.1 Å². The van der Waals surface area contributed by atoms with Gasteiger partial charge in [0, 0.05) is 5.56 Å². The second-order valence-electron chi connectivity index (χ2n) is 4.40. The van der Waals surface area contributed by atoms with E-state index in [0.717, 1.165) is 17.8 Å². The van der Waals surface area contributed by atoms with Crippen molar-refractivity contribution in [2.45, 2.75) is 19.3 Å². The van der Waals surface area contributed by atoms with Crippen molar-refractivity contribution in [3.63, 3.8) is 0 Å². The predicted octanol–water partition coefficient (Wildman–Crippen LogP) is 0.934. The molecular formula is C13H19N2O+. The molecule has 1 aliphatic heterocycles. The third-order valence-corrected chi connectivity index (χ3v) is 3.21. The fourth-order valence-corrected chi connectivity index (χ4v) is 2.29. The van der Waals surface area contributed by atoms with Gasteiger partial charge < -0.3 is 10.1 Å². The van der Waals surface area contributed by atoms with E-state index in [4.69, 9.17) is 5.21 Å². The molecule has 1 fully saturated rings. The summed E-state index contributed by atoms with van der Waals surface area (Å²) in [6, 6.07) is 9.93. The minimum Gasteiger partial charge on any atom is -0.410 e. The second kappa shape index (κ2) is 5.66. The summed E-state index contributed by atoms with van der Waals surface area (Å²) in [7, 11) is 0. The lowest BCUT2D eigenvalue weighted by Gasteiger charge is -2.23. The van der Waals surface area contributed by atoms with E-state index in [1.807, 2.05) is 30.3 Å². The first-order valence-electron chi connectivity index (χ1n) is 6.00. The number of hydrogen-bond donors (Lipinski definition) is 2. The molecule has 0 aliphatic carbocycles. The number of piperidine rings is 1. The van der Waals surface area contributed by atoms with Crippen molar-refractivity contribution in [3.8, 4) is 0 Å². The maximum absolute atomic E-state index is 9.08. The van der Waals surface area contributed by atoms with Crippen LogP contribution in [0.2, 0.25) is 0 Å². The molecule has 0 unspecified atom stereocenters. The Bertz CT molecular complexity index is 342. The van der Waals surface area contributed by atoms with E-state index in [1.165, 1.54) is 37.3 Å². The largest absolute Gasteiger partial charge is 0.410 e. The van der Waals surface area contributed by atoms with Crippen LogP contribution < -0.4 is 4.90 Å². The average Bonchev–Trinajstić information content (AvgIpc) is 2.38. The van der Waals surface area contributed by atoms with Gasteiger partial charge in [0.25, 0.3) is 0 Å². The van der Waals surface area contributed by atoms with E-state index < -0.39 is 0 Å². The Balaban J connectivity index is 2.01. The number of hydrogen-bond acceptors (Lipinski definition) is 2. The molecule has 2 N–H and O–H groups in total. The van der Waals surface area contributed by atoms with Crippen LogP contribution in [0.15, 0.2) is 35.5 Å². The highest BCUT2D eigenvalue weighted by molar-refractivity contribution is 6.00. The molecule has 0 radical (unpaired) electrons. The summed E-state index contributed by atoms with van der Waals surface area (Å²) in [6.07, 6.45) is 3.94. The highest BCUT2D eigenvalue weighted by atomic mass is 16.4. The summed E-state index contributed by atoms with van der Waals surface area (Å²) in [6.45, 7) is 3.23. The molecule has 86 valence electrons. The van der Waals surface area contributed by atoms with Crippen molar-refractivity contribution >= 4 is 5.71 Å². The van der Waals surface area contributed by atoms with Gasteiger partial charge in [-0.1, -0.05) is 35.5 Å². The highest BCUT2D eigenvalue weighted by Gasteiger charge is 2.17. The van der Waals surface area contributed by atoms with E-state index in [9.17, 15) is 0 Å². The van der Waals surface area contributed by atoms with E-state index >= 15 is 0 Å². The molecule has 2 rings (SSSR count). The zero-order chi connectivity index (χ0) is 11.2. The van der Waals surface area contributed by atoms with Gasteiger partial charge in [0.1, 0.15) is 12.3 Å². The summed E-state index contributed by atoms with van der Waals surface area (Å²) in [4.78, 5) is 1.53. The first-order chi connectivity index (χ1) is 7.90. The van der Waals surface area contributed by atoms with Crippen LogP contribution in [0.5, 0.6) is 0 Å². The number of nitrogens with zero attached hydrogens (tertiary/aromatic N) is 1. The van der Waals surface area contributed by atoms with Crippen molar-refractivity contribution in [1.82, 2.24) is 0 Å². The first kappa shape index (κ1) is 11.1. The number of benzene rings is 1. The summed E-state index contributed by atoms with van der Waals surface area (Å²) in [5.74, 6) is 0. The van der Waals surface area contributed by atoms with Crippen molar-refractivity contribution < 1.29 is 10.1 Å². The van der Waals surface area contributed by atoms with E-state index in [2.05, 4.69) is 5.16 Å². The first-order valence-corrected chi connectivity index (χ1v) is 6.00. The molecule has 1 heterocycles. The Morgan fingerprint density at radius 2 is 1.81 bits per heavy atom. The molecule has 0 atom stereocenters. The van der Waals surface area contributed by atoms with Gasteiger partial charge in [-0.2, -0.15) is 0 Å². The highest BCUT2D eigenvalue weighted by Crippen LogP contribution is 2.00. The van der Waals surface area contributed by atoms with Gasteiger partial charge in [-0.15, -0.1) is 0 Å². The van der Waals surface area contributed by atoms with Gasteiger partial charge in [-0.3, -0.25) is 0 Å². The number of oxime groups is 1. The molecule has 1 aliphatic rings. The Hall–Kier alpha value is -1.35. The summed E-state index contributed by atoms with van der Waals surface area (Å²) in [5.41, 5.74) is 1.83. The smallest absolute Gasteiger partial charge is 0.141 e. The molecule has 1 aromatic carbocycles. The Labute approximate surface area is 96.4 Å². The van der Waals surface area contributed by atoms with Crippen molar-refractivity contribution in [3.05, 3.63) is 35.9 Å². The maximum Gasteiger partial charge on any atom is 0.141 e. The van der Waals surface area contributed by atoms with Gasteiger partial charge >= 0.3 is 0 Å². The number of likely N-dealkylation sites (tertiary alicyclic amines) is 1. The van der Waals surface area contributed by atoms with Crippen LogP contribution in [0.1, 0.15) is 24.8 Å². The molecule has 1 saturated heterocycles. The van der Waals surface area contributed by atoms with E-state index in [-0.39, 0.29) is 0 Å². The molecule has 16 heavy (non-hydrogen) atoms. The molecule has 0 bridgehead atoms. The third-order valence-electron chi connectivity index (χ3n) is 3.21. The Kier molecular flexibility index (Phi) is 3.94. The SMILES string of the molecule is O/N=C(/C[NH+]1CCCCC1)c1ccccc1. The Morgan fingerprint density at radius 1 is 1.12 bits per heavy atom. The third kappa shape index (κ3) is 2.83. The van der Waals surface area contributed by atoms with Crippen LogP contribution >= 0.6 is 0 Å². The monoisotopic (exact) mass is 219 g/mol. The number of quaternary nitrogens is 1. The molecule has 3 nitrogen and oxygen atoms in total. The van der Waals surface area contributed by atoms with Crippen LogP contribution in [0, 0.1) is 0 Å². The van der Waals surface area contributed by atoms with Crippen LogP contribution in [0.25, 0.3) is 0 Å². The molecule has 0 saturated carbocycles. The second-order valence-corrected chi connectivity index (χ2v) is 4.40. The van der Waals surface area contributed by atoms with Crippen LogP contribution in [-0.2, 0) is 0 Å². The standard InChI is InChI=1S/C13H18N2O/c16-14-13(12-7-3-1-4-8-12)11-15-9-5-2-6-10-15/h1,3-4,7-8,16H,2,5-6,9-11H2/p+1/b14-13-. The van der Waals surface area contributed by atoms with Crippen molar-refractivity contribution in [2.24, 2.45) is 5.16 Å². The van der Waals surface area contributed by atoms with Crippen LogP contribution in [0.4, 0.5) is 0 Å². The van der Waals surface area contributed by atoms with Crippen LogP contribution in [0.3, 0.4) is 0 Å². The normalized spacial score (nSPS) is 18.6. The number of nitrogens with one attached hydrogen (secondary N) is 1. The van der Waals surface area contributed by atoms with Gasteiger partial charge in [0.15, 0.2) is 0 Å². The molecule has 3 heteroatoms. The lowest BCUT2D eigenvalue weighted by molar-refractivity contribution is -0.895. The maximum atomic E-state index is 9.08.